The largest absolute Gasteiger partial charge is 0.464 e. The van der Waals surface area contributed by atoms with Gasteiger partial charge in [0.05, 0.1) is 12.7 Å². The minimum Gasteiger partial charge on any atom is -0.464 e. The minimum absolute atomic E-state index is 0.0635. The van der Waals surface area contributed by atoms with Crippen molar-refractivity contribution >= 4 is 16.9 Å². The Kier molecular flexibility index (Phi) is 5.01. The maximum absolute atomic E-state index is 12.1. The van der Waals surface area contributed by atoms with E-state index in [4.69, 9.17) is 9.15 Å². The van der Waals surface area contributed by atoms with Gasteiger partial charge in [-0.15, -0.1) is 0 Å². The number of hydrogen-bond acceptors (Lipinski definition) is 3. The molecule has 4 nitrogen and oxygen atoms in total. The molecule has 1 aliphatic heterocycles. The number of benzene rings is 1. The smallest absolute Gasteiger partial charge is 0.224 e. The maximum Gasteiger partial charge on any atom is 0.224 e. The molecule has 2 aromatic rings. The van der Waals surface area contributed by atoms with Gasteiger partial charge in [0, 0.05) is 30.7 Å². The molecule has 1 aromatic carbocycles. The van der Waals surface area contributed by atoms with Gasteiger partial charge in [-0.3, -0.25) is 4.79 Å². The zero-order valence-electron chi connectivity index (χ0n) is 14.0. The van der Waals surface area contributed by atoms with Gasteiger partial charge in [0.15, 0.2) is 0 Å². The third-order valence-corrected chi connectivity index (χ3v) is 4.76. The molecule has 0 bridgehead atoms. The van der Waals surface area contributed by atoms with Crippen LogP contribution in [0, 0.1) is 19.8 Å². The Labute approximate surface area is 137 Å². The van der Waals surface area contributed by atoms with E-state index in [1.807, 2.05) is 6.07 Å². The first-order valence-electron chi connectivity index (χ1n) is 8.45. The average molecular weight is 315 g/mol. The SMILES string of the molecule is Cc1cc2occ(CC(=O)NCCC[C@@H]3CCOC3)c2cc1C. The minimum atomic E-state index is 0.0635. The maximum atomic E-state index is 12.1. The van der Waals surface area contributed by atoms with Crippen molar-refractivity contribution in [2.24, 2.45) is 5.92 Å². The second-order valence-electron chi connectivity index (χ2n) is 6.59. The lowest BCUT2D eigenvalue weighted by molar-refractivity contribution is -0.120. The molecule has 124 valence electrons. The number of carbonyl (C=O) groups is 1. The van der Waals surface area contributed by atoms with E-state index in [1.54, 1.807) is 6.26 Å². The number of carbonyl (C=O) groups excluding carboxylic acids is 1. The average Bonchev–Trinajstić information content (AvgIpc) is 3.16. The number of furan rings is 1. The summed E-state index contributed by atoms with van der Waals surface area (Å²) in [6.07, 6.45) is 5.40. The Hall–Kier alpha value is -1.81. The van der Waals surface area contributed by atoms with Crippen LogP contribution in [0.2, 0.25) is 0 Å². The number of ether oxygens (including phenoxy) is 1. The van der Waals surface area contributed by atoms with Crippen LogP contribution in [0.3, 0.4) is 0 Å². The zero-order valence-corrected chi connectivity index (χ0v) is 14.0. The fourth-order valence-corrected chi connectivity index (χ4v) is 3.14. The Balaban J connectivity index is 1.50. The Morgan fingerprint density at radius 3 is 2.91 bits per heavy atom. The first kappa shape index (κ1) is 16.1. The number of fused-ring (bicyclic) bond motifs is 1. The van der Waals surface area contributed by atoms with E-state index in [1.165, 1.54) is 11.1 Å². The van der Waals surface area contributed by atoms with Crippen molar-refractivity contribution in [3.05, 3.63) is 35.1 Å². The fraction of sp³-hybridized carbons (Fsp3) is 0.526. The molecule has 4 heteroatoms. The molecule has 1 amide bonds. The normalized spacial score (nSPS) is 17.7. The summed E-state index contributed by atoms with van der Waals surface area (Å²) in [6, 6.07) is 4.15. The quantitative estimate of drug-likeness (QED) is 0.830. The van der Waals surface area contributed by atoms with Crippen molar-refractivity contribution in [3.8, 4) is 0 Å². The van der Waals surface area contributed by atoms with E-state index < -0.39 is 0 Å². The van der Waals surface area contributed by atoms with Crippen LogP contribution in [0.4, 0.5) is 0 Å². The first-order chi connectivity index (χ1) is 11.1. The van der Waals surface area contributed by atoms with Crippen molar-refractivity contribution < 1.29 is 13.9 Å². The van der Waals surface area contributed by atoms with E-state index in [9.17, 15) is 4.79 Å². The number of hydrogen-bond donors (Lipinski definition) is 1. The van der Waals surface area contributed by atoms with Crippen molar-refractivity contribution in [1.82, 2.24) is 5.32 Å². The topological polar surface area (TPSA) is 51.5 Å². The highest BCUT2D eigenvalue weighted by Gasteiger charge is 2.15. The highest BCUT2D eigenvalue weighted by molar-refractivity contribution is 5.88. The molecule has 3 rings (SSSR count). The lowest BCUT2D eigenvalue weighted by Crippen LogP contribution is -2.26. The summed E-state index contributed by atoms with van der Waals surface area (Å²) in [6.45, 7) is 6.66. The number of amides is 1. The van der Waals surface area contributed by atoms with E-state index >= 15 is 0 Å². The van der Waals surface area contributed by atoms with E-state index in [0.717, 1.165) is 55.6 Å². The molecule has 1 saturated heterocycles. The van der Waals surface area contributed by atoms with Crippen LogP contribution >= 0.6 is 0 Å². The van der Waals surface area contributed by atoms with E-state index in [2.05, 4.69) is 25.2 Å². The summed E-state index contributed by atoms with van der Waals surface area (Å²) in [5.74, 6) is 0.740. The molecule has 1 aliphatic rings. The summed E-state index contributed by atoms with van der Waals surface area (Å²) in [7, 11) is 0. The van der Waals surface area contributed by atoms with E-state index in [0.29, 0.717) is 12.3 Å². The van der Waals surface area contributed by atoms with Crippen LogP contribution in [0.5, 0.6) is 0 Å². The molecule has 0 spiro atoms. The van der Waals surface area contributed by atoms with Gasteiger partial charge in [0.2, 0.25) is 5.91 Å². The Bertz CT molecular complexity index is 683. The molecule has 1 fully saturated rings. The summed E-state index contributed by atoms with van der Waals surface area (Å²) in [5, 5.41) is 4.06. The van der Waals surface area contributed by atoms with Crippen LogP contribution in [-0.2, 0) is 16.0 Å². The number of rotatable bonds is 6. The second kappa shape index (κ2) is 7.18. The van der Waals surface area contributed by atoms with Crippen molar-refractivity contribution in [2.45, 2.75) is 39.5 Å². The third-order valence-electron chi connectivity index (χ3n) is 4.76. The lowest BCUT2D eigenvalue weighted by Gasteiger charge is -2.08. The molecule has 0 aliphatic carbocycles. The molecule has 23 heavy (non-hydrogen) atoms. The second-order valence-corrected chi connectivity index (χ2v) is 6.59. The van der Waals surface area contributed by atoms with Crippen LogP contribution in [0.15, 0.2) is 22.8 Å². The third kappa shape index (κ3) is 3.94. The number of aryl methyl sites for hydroxylation is 2. The molecule has 1 N–H and O–H groups in total. The summed E-state index contributed by atoms with van der Waals surface area (Å²) < 4.78 is 11.0. The van der Waals surface area contributed by atoms with Crippen LogP contribution < -0.4 is 5.32 Å². The standard InChI is InChI=1S/C19H25NO3/c1-13-8-17-16(12-23-18(17)9-14(13)2)10-19(21)20-6-3-4-15-5-7-22-11-15/h8-9,12,15H,3-7,10-11H2,1-2H3,(H,20,21)/t15-/m1/s1. The Morgan fingerprint density at radius 1 is 1.30 bits per heavy atom. The van der Waals surface area contributed by atoms with Gasteiger partial charge in [0.25, 0.3) is 0 Å². The van der Waals surface area contributed by atoms with Crippen molar-refractivity contribution in [2.75, 3.05) is 19.8 Å². The van der Waals surface area contributed by atoms with Crippen LogP contribution in [-0.4, -0.2) is 25.7 Å². The molecule has 0 saturated carbocycles. The van der Waals surface area contributed by atoms with Gasteiger partial charge in [-0.1, -0.05) is 0 Å². The molecular formula is C19H25NO3. The number of nitrogens with one attached hydrogen (secondary N) is 1. The highest BCUT2D eigenvalue weighted by Crippen LogP contribution is 2.25. The van der Waals surface area contributed by atoms with Gasteiger partial charge < -0.3 is 14.5 Å². The molecule has 2 heterocycles. The summed E-state index contributed by atoms with van der Waals surface area (Å²) in [5.41, 5.74) is 4.25. The van der Waals surface area contributed by atoms with Crippen LogP contribution in [0.25, 0.3) is 11.0 Å². The van der Waals surface area contributed by atoms with Crippen molar-refractivity contribution in [1.29, 1.82) is 0 Å². The Morgan fingerprint density at radius 2 is 2.13 bits per heavy atom. The highest BCUT2D eigenvalue weighted by atomic mass is 16.5. The molecule has 1 aromatic heterocycles. The van der Waals surface area contributed by atoms with Gasteiger partial charge in [-0.05, 0) is 62.3 Å². The zero-order chi connectivity index (χ0) is 16.2. The van der Waals surface area contributed by atoms with Crippen molar-refractivity contribution in [3.63, 3.8) is 0 Å². The van der Waals surface area contributed by atoms with Gasteiger partial charge >= 0.3 is 0 Å². The predicted molar refractivity (Wildman–Crippen MR) is 90.6 cm³/mol. The van der Waals surface area contributed by atoms with Crippen LogP contribution in [0.1, 0.15) is 36.0 Å². The lowest BCUT2D eigenvalue weighted by atomic mass is 10.0. The summed E-state index contributed by atoms with van der Waals surface area (Å²) >= 11 is 0. The summed E-state index contributed by atoms with van der Waals surface area (Å²) in [4.78, 5) is 12.1. The molecule has 0 unspecified atom stereocenters. The van der Waals surface area contributed by atoms with Gasteiger partial charge in [-0.25, -0.2) is 0 Å². The predicted octanol–water partition coefficient (Wildman–Crippen LogP) is 3.53. The molecular weight excluding hydrogens is 290 g/mol. The van der Waals surface area contributed by atoms with Gasteiger partial charge in [0.1, 0.15) is 5.58 Å². The molecule has 1 atom stereocenters. The fourth-order valence-electron chi connectivity index (χ4n) is 3.14. The first-order valence-corrected chi connectivity index (χ1v) is 8.45. The monoisotopic (exact) mass is 315 g/mol. The van der Waals surface area contributed by atoms with E-state index in [-0.39, 0.29) is 5.91 Å². The van der Waals surface area contributed by atoms with Gasteiger partial charge in [-0.2, -0.15) is 0 Å². The molecule has 0 radical (unpaired) electrons.